The van der Waals surface area contributed by atoms with Gasteiger partial charge in [-0.15, -0.1) is 11.3 Å². The molecule has 0 unspecified atom stereocenters. The molecule has 2 aliphatic heterocycles. The molecule has 29 heavy (non-hydrogen) atoms. The lowest BCUT2D eigenvalue weighted by Gasteiger charge is -2.14. The average molecular weight is 415 g/mol. The Bertz CT molecular complexity index is 954. The largest absolute Gasteiger partial charge is 0.454 e. The molecule has 1 aromatic heterocycles. The molecule has 3 aliphatic rings. The van der Waals surface area contributed by atoms with Crippen molar-refractivity contribution >= 4 is 28.3 Å². The lowest BCUT2D eigenvalue weighted by atomic mass is 10.1. The van der Waals surface area contributed by atoms with Gasteiger partial charge in [-0.3, -0.25) is 14.9 Å². The van der Waals surface area contributed by atoms with E-state index in [1.165, 1.54) is 11.3 Å². The maximum absolute atomic E-state index is 12.6. The number of benzene rings is 1. The second-order valence-corrected chi connectivity index (χ2v) is 8.40. The van der Waals surface area contributed by atoms with Gasteiger partial charge in [0.1, 0.15) is 0 Å². The van der Waals surface area contributed by atoms with Crippen LogP contribution in [0, 0.1) is 0 Å². The second-order valence-electron chi connectivity index (χ2n) is 7.32. The van der Waals surface area contributed by atoms with Crippen LogP contribution in [0.4, 0.5) is 5.13 Å². The molecule has 3 heterocycles. The second kappa shape index (κ2) is 7.64. The summed E-state index contributed by atoms with van der Waals surface area (Å²) in [5.41, 5.74) is 1.25. The summed E-state index contributed by atoms with van der Waals surface area (Å²) in [5, 5.41) is 6.34. The SMILES string of the molecule is O=C(Nc1nc2c(s1)CC[C@@H]2C(=O)NC[C@@H]1CCCO1)c1ccc2c(c1)OCO2. The zero-order chi connectivity index (χ0) is 19.8. The molecule has 5 rings (SSSR count). The molecule has 9 heteroatoms. The quantitative estimate of drug-likeness (QED) is 0.778. The first kappa shape index (κ1) is 18.4. The number of carbonyl (C=O) groups is 2. The fourth-order valence-electron chi connectivity index (χ4n) is 3.89. The van der Waals surface area contributed by atoms with Crippen LogP contribution in [0.15, 0.2) is 18.2 Å². The molecule has 2 N–H and O–H groups in total. The topological polar surface area (TPSA) is 98.8 Å². The van der Waals surface area contributed by atoms with Gasteiger partial charge in [0.2, 0.25) is 12.7 Å². The van der Waals surface area contributed by atoms with Crippen molar-refractivity contribution in [1.82, 2.24) is 10.3 Å². The van der Waals surface area contributed by atoms with Crippen molar-refractivity contribution in [3.8, 4) is 11.5 Å². The van der Waals surface area contributed by atoms with E-state index in [-0.39, 0.29) is 30.6 Å². The van der Waals surface area contributed by atoms with Crippen LogP contribution < -0.4 is 20.1 Å². The van der Waals surface area contributed by atoms with E-state index < -0.39 is 0 Å². The smallest absolute Gasteiger partial charge is 0.257 e. The summed E-state index contributed by atoms with van der Waals surface area (Å²) in [4.78, 5) is 30.8. The van der Waals surface area contributed by atoms with E-state index in [1.54, 1.807) is 18.2 Å². The highest BCUT2D eigenvalue weighted by Gasteiger charge is 2.33. The highest BCUT2D eigenvalue weighted by molar-refractivity contribution is 7.16. The van der Waals surface area contributed by atoms with Crippen LogP contribution in [-0.4, -0.2) is 42.8 Å². The fraction of sp³-hybridized carbons (Fsp3) is 0.450. The summed E-state index contributed by atoms with van der Waals surface area (Å²) < 4.78 is 16.2. The Morgan fingerprint density at radius 2 is 2.10 bits per heavy atom. The predicted molar refractivity (Wildman–Crippen MR) is 106 cm³/mol. The van der Waals surface area contributed by atoms with Gasteiger partial charge in [-0.2, -0.15) is 0 Å². The van der Waals surface area contributed by atoms with Crippen LogP contribution in [0.1, 0.15) is 46.1 Å². The van der Waals surface area contributed by atoms with Crippen molar-refractivity contribution in [3.63, 3.8) is 0 Å². The number of aryl methyl sites for hydroxylation is 1. The van der Waals surface area contributed by atoms with Crippen LogP contribution in [0.3, 0.4) is 0 Å². The van der Waals surface area contributed by atoms with Crippen LogP contribution in [0.2, 0.25) is 0 Å². The summed E-state index contributed by atoms with van der Waals surface area (Å²) in [7, 11) is 0. The third-order valence-corrected chi connectivity index (χ3v) is 6.46. The number of thiazole rings is 1. The fourth-order valence-corrected chi connectivity index (χ4v) is 4.92. The average Bonchev–Trinajstić information content (AvgIpc) is 3.49. The number of anilines is 1. The molecule has 152 valence electrons. The Balaban J connectivity index is 1.23. The molecule has 2 aromatic rings. The van der Waals surface area contributed by atoms with Gasteiger partial charge in [0.05, 0.1) is 17.7 Å². The number of amides is 2. The van der Waals surface area contributed by atoms with Crippen LogP contribution in [-0.2, 0) is 16.0 Å². The van der Waals surface area contributed by atoms with Gasteiger partial charge in [-0.25, -0.2) is 4.98 Å². The molecule has 0 radical (unpaired) electrons. The molecule has 1 saturated heterocycles. The van der Waals surface area contributed by atoms with E-state index in [9.17, 15) is 9.59 Å². The number of nitrogens with one attached hydrogen (secondary N) is 2. The van der Waals surface area contributed by atoms with Crippen molar-refractivity contribution < 1.29 is 23.8 Å². The lowest BCUT2D eigenvalue weighted by Crippen LogP contribution is -2.34. The van der Waals surface area contributed by atoms with Crippen molar-refractivity contribution in [1.29, 1.82) is 0 Å². The van der Waals surface area contributed by atoms with Crippen molar-refractivity contribution in [2.24, 2.45) is 0 Å². The predicted octanol–water partition coefficient (Wildman–Crippen LogP) is 2.45. The zero-order valence-electron chi connectivity index (χ0n) is 15.7. The number of carbonyl (C=O) groups excluding carboxylic acids is 2. The number of fused-ring (bicyclic) bond motifs is 2. The molecule has 0 spiro atoms. The molecule has 1 aromatic carbocycles. The monoisotopic (exact) mass is 415 g/mol. The number of nitrogens with zero attached hydrogens (tertiary/aromatic N) is 1. The zero-order valence-corrected chi connectivity index (χ0v) is 16.5. The highest BCUT2D eigenvalue weighted by atomic mass is 32.1. The first-order valence-electron chi connectivity index (χ1n) is 9.77. The van der Waals surface area contributed by atoms with Crippen LogP contribution >= 0.6 is 11.3 Å². The third kappa shape index (κ3) is 3.67. The van der Waals surface area contributed by atoms with Gasteiger partial charge in [-0.1, -0.05) is 0 Å². The highest BCUT2D eigenvalue weighted by Crippen LogP contribution is 2.39. The summed E-state index contributed by atoms with van der Waals surface area (Å²) in [6, 6.07) is 5.05. The van der Waals surface area contributed by atoms with Crippen LogP contribution in [0.25, 0.3) is 0 Å². The van der Waals surface area contributed by atoms with Gasteiger partial charge < -0.3 is 19.5 Å². The maximum Gasteiger partial charge on any atom is 0.257 e. The van der Waals surface area contributed by atoms with Crippen LogP contribution in [0.5, 0.6) is 11.5 Å². The van der Waals surface area contributed by atoms with E-state index in [4.69, 9.17) is 14.2 Å². The summed E-state index contributed by atoms with van der Waals surface area (Å²) in [6.07, 6.45) is 3.70. The Kier molecular flexibility index (Phi) is 4.84. The first-order valence-corrected chi connectivity index (χ1v) is 10.6. The van der Waals surface area contributed by atoms with Crippen molar-refractivity contribution in [2.75, 3.05) is 25.3 Å². The Hall–Kier alpha value is -2.65. The standard InChI is InChI=1S/C20H21N3O5S/c24-18(11-3-5-14-15(8-11)28-10-27-14)23-20-22-17-13(4-6-16(17)29-20)19(25)21-9-12-2-1-7-26-12/h3,5,8,12-13H,1-2,4,6-7,9-10H2,(H,21,25)(H,22,23,24)/t12-,13-/m0/s1. The third-order valence-electron chi connectivity index (χ3n) is 5.42. The van der Waals surface area contributed by atoms with Crippen molar-refractivity contribution in [3.05, 3.63) is 34.3 Å². The molecular formula is C20H21N3O5S. The Morgan fingerprint density at radius 3 is 2.97 bits per heavy atom. The number of rotatable bonds is 5. The Morgan fingerprint density at radius 1 is 1.21 bits per heavy atom. The van der Waals surface area contributed by atoms with Gasteiger partial charge >= 0.3 is 0 Å². The molecule has 8 nitrogen and oxygen atoms in total. The molecule has 2 amide bonds. The molecular weight excluding hydrogens is 394 g/mol. The first-order chi connectivity index (χ1) is 14.2. The van der Waals surface area contributed by atoms with Crippen molar-refractivity contribution in [2.45, 2.75) is 37.7 Å². The minimum Gasteiger partial charge on any atom is -0.454 e. The Labute approximate surface area is 171 Å². The van der Waals surface area contributed by atoms with E-state index in [1.807, 2.05) is 0 Å². The molecule has 0 bridgehead atoms. The summed E-state index contributed by atoms with van der Waals surface area (Å²) >= 11 is 1.43. The molecule has 2 atom stereocenters. The van der Waals surface area contributed by atoms with Gasteiger partial charge in [-0.05, 0) is 43.9 Å². The number of hydrogen-bond acceptors (Lipinski definition) is 7. The number of aromatic nitrogens is 1. The number of hydrogen-bond donors (Lipinski definition) is 2. The van der Waals surface area contributed by atoms with Gasteiger partial charge in [0, 0.05) is 23.6 Å². The molecule has 1 fully saturated rings. The normalized spacial score (nSPS) is 21.8. The van der Waals surface area contributed by atoms with E-state index >= 15 is 0 Å². The minimum absolute atomic E-state index is 0.0156. The molecule has 0 saturated carbocycles. The van der Waals surface area contributed by atoms with E-state index in [2.05, 4.69) is 15.6 Å². The minimum atomic E-state index is -0.268. The van der Waals surface area contributed by atoms with Gasteiger partial charge in [0.25, 0.3) is 5.91 Å². The lowest BCUT2D eigenvalue weighted by molar-refractivity contribution is -0.123. The van der Waals surface area contributed by atoms with E-state index in [0.29, 0.717) is 28.7 Å². The van der Waals surface area contributed by atoms with E-state index in [0.717, 1.165) is 42.9 Å². The number of ether oxygens (including phenoxy) is 3. The maximum atomic E-state index is 12.6. The summed E-state index contributed by atoms with van der Waals surface area (Å²) in [5.74, 6) is 0.640. The molecule has 1 aliphatic carbocycles. The van der Waals surface area contributed by atoms with Gasteiger partial charge in [0.15, 0.2) is 16.6 Å². The summed E-state index contributed by atoms with van der Waals surface area (Å²) in [6.45, 7) is 1.48.